The van der Waals surface area contributed by atoms with Crippen molar-refractivity contribution in [3.63, 3.8) is 0 Å². The zero-order chi connectivity index (χ0) is 13.0. The molecule has 2 aromatic rings. The number of fused-ring (bicyclic) bond motifs is 1. The van der Waals surface area contributed by atoms with Crippen LogP contribution in [0.2, 0.25) is 0 Å². The van der Waals surface area contributed by atoms with Crippen LogP contribution in [0.5, 0.6) is 0 Å². The standard InChI is InChI=1S/C13H10BN3.Rh/c1-3-4-9(2)16-10-5-6-11-12(7-10)17-13(14)8-15-11;/h2-8,16H,1H2;/b9-4+;. The van der Waals surface area contributed by atoms with Crippen LogP contribution in [0, 0.1) is 0 Å². The Labute approximate surface area is 117 Å². The number of allylic oxidation sites excluding steroid dienone is 3. The molecule has 5 heteroatoms. The SMILES string of the molecule is [B]c1cnc2ccc(N/C([CH]=[Rh])=C/C=C)cc2n1. The second-order valence-electron chi connectivity index (χ2n) is 3.58. The van der Waals surface area contributed by atoms with Gasteiger partial charge in [-0.15, -0.1) is 0 Å². The first-order valence-corrected chi connectivity index (χ1v) is 6.20. The molecular weight excluding hydrogens is 312 g/mol. The van der Waals surface area contributed by atoms with Crippen molar-refractivity contribution in [2.75, 3.05) is 5.32 Å². The molecule has 18 heavy (non-hydrogen) atoms. The normalized spacial score (nSPS) is 11.3. The summed E-state index contributed by atoms with van der Waals surface area (Å²) >= 11 is 2.74. The van der Waals surface area contributed by atoms with E-state index < -0.39 is 0 Å². The van der Waals surface area contributed by atoms with Gasteiger partial charge in [-0.05, 0) is 0 Å². The Morgan fingerprint density at radius 3 is 2.94 bits per heavy atom. The Bertz CT molecular complexity index is 637. The summed E-state index contributed by atoms with van der Waals surface area (Å²) in [6, 6.07) is 5.74. The second kappa shape index (κ2) is 5.83. The number of anilines is 1. The zero-order valence-corrected chi connectivity index (χ0v) is 11.2. The summed E-state index contributed by atoms with van der Waals surface area (Å²) < 4.78 is 1.86. The van der Waals surface area contributed by atoms with E-state index in [0.717, 1.165) is 22.4 Å². The number of nitrogens with zero attached hydrogens (tertiary/aromatic N) is 2. The third-order valence-electron chi connectivity index (χ3n) is 2.25. The first kappa shape index (κ1) is 12.8. The van der Waals surface area contributed by atoms with E-state index in [1.165, 1.54) is 0 Å². The molecule has 0 aliphatic rings. The second-order valence-corrected chi connectivity index (χ2v) is 4.05. The number of benzene rings is 1. The fraction of sp³-hybridized carbons (Fsp3) is 0. The van der Waals surface area contributed by atoms with E-state index in [9.17, 15) is 0 Å². The van der Waals surface area contributed by atoms with Crippen LogP contribution in [0.4, 0.5) is 5.69 Å². The molecule has 0 spiro atoms. The Balaban J connectivity index is 2.37. The van der Waals surface area contributed by atoms with Gasteiger partial charge in [0.2, 0.25) is 0 Å². The first-order chi connectivity index (χ1) is 8.72. The van der Waals surface area contributed by atoms with Crippen LogP contribution in [0.3, 0.4) is 0 Å². The quantitative estimate of drug-likeness (QED) is 0.680. The summed E-state index contributed by atoms with van der Waals surface area (Å²) in [5.41, 5.74) is 3.84. The van der Waals surface area contributed by atoms with Gasteiger partial charge in [-0.25, -0.2) is 0 Å². The van der Waals surface area contributed by atoms with Crippen LogP contribution in [-0.2, 0) is 17.9 Å². The zero-order valence-electron chi connectivity index (χ0n) is 9.55. The summed E-state index contributed by atoms with van der Waals surface area (Å²) in [5.74, 6) is 0. The maximum absolute atomic E-state index is 5.62. The predicted octanol–water partition coefficient (Wildman–Crippen LogP) is 1.25. The minimum atomic E-state index is 0.415. The van der Waals surface area contributed by atoms with Gasteiger partial charge >= 0.3 is 117 Å². The Morgan fingerprint density at radius 1 is 1.39 bits per heavy atom. The number of aromatic nitrogens is 2. The molecule has 2 radical (unpaired) electrons. The molecule has 2 rings (SSSR count). The van der Waals surface area contributed by atoms with Crippen molar-refractivity contribution in [3.8, 4) is 0 Å². The molecule has 0 aliphatic carbocycles. The molecule has 0 bridgehead atoms. The summed E-state index contributed by atoms with van der Waals surface area (Å²) in [7, 11) is 5.62. The molecule has 1 aromatic carbocycles. The molecule has 0 atom stereocenters. The fourth-order valence-electron chi connectivity index (χ4n) is 1.49. The average Bonchev–Trinajstić information content (AvgIpc) is 2.37. The molecular formula is C13H10BN3Rh. The van der Waals surface area contributed by atoms with Gasteiger partial charge in [-0.3, -0.25) is 0 Å². The fourth-order valence-corrected chi connectivity index (χ4v) is 1.77. The molecule has 0 aliphatic heterocycles. The first-order valence-electron chi connectivity index (χ1n) is 5.26. The van der Waals surface area contributed by atoms with Gasteiger partial charge < -0.3 is 0 Å². The molecule has 0 saturated carbocycles. The van der Waals surface area contributed by atoms with Gasteiger partial charge in [0, 0.05) is 0 Å². The number of hydrogen-bond acceptors (Lipinski definition) is 3. The van der Waals surface area contributed by atoms with Crippen molar-refractivity contribution < 1.29 is 17.9 Å². The third kappa shape index (κ3) is 2.99. The van der Waals surface area contributed by atoms with Gasteiger partial charge in [0.15, 0.2) is 0 Å². The molecule has 1 N–H and O–H groups in total. The van der Waals surface area contributed by atoms with Crippen molar-refractivity contribution in [3.05, 3.63) is 48.8 Å². The minimum absolute atomic E-state index is 0.415. The van der Waals surface area contributed by atoms with Crippen LogP contribution < -0.4 is 10.9 Å². The molecule has 89 valence electrons. The van der Waals surface area contributed by atoms with Crippen LogP contribution >= 0.6 is 0 Å². The Morgan fingerprint density at radius 2 is 2.22 bits per heavy atom. The van der Waals surface area contributed by atoms with Crippen molar-refractivity contribution in [2.24, 2.45) is 0 Å². The van der Waals surface area contributed by atoms with Gasteiger partial charge in [0.1, 0.15) is 0 Å². The number of rotatable bonds is 4. The van der Waals surface area contributed by atoms with Gasteiger partial charge in [-0.1, -0.05) is 0 Å². The average molecular weight is 322 g/mol. The maximum atomic E-state index is 5.62. The van der Waals surface area contributed by atoms with E-state index >= 15 is 0 Å². The van der Waals surface area contributed by atoms with E-state index in [2.05, 4.69) is 39.7 Å². The summed E-state index contributed by atoms with van der Waals surface area (Å²) in [6.07, 6.45) is 5.14. The van der Waals surface area contributed by atoms with Crippen LogP contribution in [0.1, 0.15) is 0 Å². The van der Waals surface area contributed by atoms with Gasteiger partial charge in [-0.2, -0.15) is 0 Å². The van der Waals surface area contributed by atoms with Crippen molar-refractivity contribution in [1.82, 2.24) is 9.97 Å². The number of hydrogen-bond donors (Lipinski definition) is 1. The molecule has 0 unspecified atom stereocenters. The van der Waals surface area contributed by atoms with E-state index in [1.54, 1.807) is 12.3 Å². The molecule has 1 heterocycles. The molecule has 0 amide bonds. The topological polar surface area (TPSA) is 37.8 Å². The summed E-state index contributed by atoms with van der Waals surface area (Å²) in [5, 5.41) is 3.24. The van der Waals surface area contributed by atoms with Crippen molar-refractivity contribution in [2.45, 2.75) is 0 Å². The van der Waals surface area contributed by atoms with Gasteiger partial charge in [0.25, 0.3) is 0 Å². The summed E-state index contributed by atoms with van der Waals surface area (Å²) in [6.45, 7) is 3.66. The van der Waals surface area contributed by atoms with E-state index in [-0.39, 0.29) is 0 Å². The molecule has 0 fully saturated rings. The third-order valence-corrected chi connectivity index (χ3v) is 2.76. The Kier molecular flexibility index (Phi) is 4.16. The van der Waals surface area contributed by atoms with E-state index in [0.29, 0.717) is 5.59 Å². The molecule has 0 saturated heterocycles. The van der Waals surface area contributed by atoms with E-state index in [1.807, 2.05) is 28.9 Å². The van der Waals surface area contributed by atoms with Gasteiger partial charge in [0.05, 0.1) is 0 Å². The predicted molar refractivity (Wildman–Crippen MR) is 72.9 cm³/mol. The van der Waals surface area contributed by atoms with Crippen molar-refractivity contribution in [1.29, 1.82) is 0 Å². The monoisotopic (exact) mass is 322 g/mol. The van der Waals surface area contributed by atoms with Crippen LogP contribution in [-0.4, -0.2) is 22.4 Å². The van der Waals surface area contributed by atoms with Crippen molar-refractivity contribution >= 4 is 34.8 Å². The molecule has 1 aromatic heterocycles. The summed E-state index contributed by atoms with van der Waals surface area (Å²) in [4.78, 5) is 8.43. The Hall–Kier alpha value is -1.60. The van der Waals surface area contributed by atoms with E-state index in [4.69, 9.17) is 7.85 Å². The number of nitrogens with one attached hydrogen (secondary N) is 1. The molecule has 3 nitrogen and oxygen atoms in total. The van der Waals surface area contributed by atoms with Crippen LogP contribution in [0.25, 0.3) is 11.0 Å². The van der Waals surface area contributed by atoms with Crippen LogP contribution in [0.15, 0.2) is 48.8 Å².